The topological polar surface area (TPSA) is 0 Å². The average Bonchev–Trinajstić information content (AvgIpc) is 2.49. The number of hydrogen-bond acceptors (Lipinski definition) is 0. The van der Waals surface area contributed by atoms with Gasteiger partial charge in [0.05, 0.1) is 21.2 Å². The Balaban J connectivity index is 2.38. The molecule has 2 aromatic rings. The number of alkyl halides is 6. The predicted octanol–water partition coefficient (Wildman–Crippen LogP) is 7.09. The second-order valence-corrected chi connectivity index (χ2v) is 6.17. The van der Waals surface area contributed by atoms with Crippen molar-refractivity contribution in [3.63, 3.8) is 0 Å². The van der Waals surface area contributed by atoms with E-state index in [2.05, 4.69) is 0 Å². The van der Waals surface area contributed by atoms with Gasteiger partial charge in [-0.3, -0.25) is 0 Å². The predicted molar refractivity (Wildman–Crippen MR) is 80.2 cm³/mol. The van der Waals surface area contributed by atoms with Crippen LogP contribution in [-0.2, 0) is 25.2 Å². The molecule has 26 heavy (non-hydrogen) atoms. The second-order valence-electron chi connectivity index (χ2n) is 5.36. The van der Waals surface area contributed by atoms with E-state index in [0.717, 1.165) is 0 Å². The van der Waals surface area contributed by atoms with Crippen molar-refractivity contribution in [2.24, 2.45) is 0 Å². The summed E-state index contributed by atoms with van der Waals surface area (Å²) in [5, 5.41) is -1.59. The molecule has 0 fully saturated rings. The van der Waals surface area contributed by atoms with E-state index in [4.69, 9.17) is 23.2 Å². The van der Waals surface area contributed by atoms with Crippen molar-refractivity contribution < 1.29 is 35.1 Å². The number of halogens is 10. The third-order valence-corrected chi connectivity index (χ3v) is 4.08. The lowest BCUT2D eigenvalue weighted by molar-refractivity contribution is -0.138. The molecule has 2 aromatic carbocycles. The summed E-state index contributed by atoms with van der Waals surface area (Å²) in [5.41, 5.74) is -3.45. The highest BCUT2D eigenvalue weighted by Crippen LogP contribution is 2.35. The molecule has 0 heterocycles. The number of hydrogen-bond donors (Lipinski definition) is 0. The molecule has 0 atom stereocenters. The first kappa shape index (κ1) is 20.8. The first-order valence-electron chi connectivity index (χ1n) is 6.91. The van der Waals surface area contributed by atoms with Gasteiger partial charge in [-0.25, -0.2) is 8.78 Å². The molecule has 142 valence electrons. The van der Waals surface area contributed by atoms with Gasteiger partial charge in [0.15, 0.2) is 0 Å². The first-order chi connectivity index (χ1) is 11.8. The molecule has 2 rings (SSSR count). The molecule has 0 bridgehead atoms. The van der Waals surface area contributed by atoms with E-state index in [9.17, 15) is 35.1 Å². The molecule has 10 heteroatoms. The molecule has 0 unspecified atom stereocenters. The van der Waals surface area contributed by atoms with E-state index >= 15 is 0 Å². The number of rotatable bonds is 3. The third-order valence-electron chi connectivity index (χ3n) is 3.53. The van der Waals surface area contributed by atoms with Crippen LogP contribution in [0.15, 0.2) is 24.3 Å². The van der Waals surface area contributed by atoms with E-state index in [-0.39, 0.29) is 0 Å². The van der Waals surface area contributed by atoms with Gasteiger partial charge < -0.3 is 0 Å². The van der Waals surface area contributed by atoms with Crippen LogP contribution in [0.4, 0.5) is 35.1 Å². The smallest absolute Gasteiger partial charge is 0.205 e. The van der Waals surface area contributed by atoms with Gasteiger partial charge in [-0.2, -0.15) is 26.3 Å². The summed E-state index contributed by atoms with van der Waals surface area (Å²) < 4.78 is 104. The summed E-state index contributed by atoms with van der Waals surface area (Å²) in [7, 11) is 0. The van der Waals surface area contributed by atoms with Crippen molar-refractivity contribution in [3.05, 3.63) is 68.2 Å². The molecule has 0 nitrogen and oxygen atoms in total. The van der Waals surface area contributed by atoms with Crippen molar-refractivity contribution in [2.45, 2.75) is 25.2 Å². The van der Waals surface area contributed by atoms with E-state index in [1.54, 1.807) is 0 Å². The zero-order chi connectivity index (χ0) is 19.9. The standard InChI is InChI=1S/C16H8Cl2F8/c17-11-5-9(15(21,22)23)3-7(13(11)19)1-2-8-4-10(16(24,25)26)6-12(18)14(8)20/h3-6H,1-2H2. The van der Waals surface area contributed by atoms with Crippen LogP contribution in [0.1, 0.15) is 22.3 Å². The second kappa shape index (κ2) is 7.23. The summed E-state index contributed by atoms with van der Waals surface area (Å²) in [4.78, 5) is 0. The zero-order valence-corrected chi connectivity index (χ0v) is 14.0. The molecule has 0 saturated heterocycles. The van der Waals surface area contributed by atoms with E-state index in [1.807, 2.05) is 0 Å². The average molecular weight is 423 g/mol. The Morgan fingerprint density at radius 3 is 1.19 bits per heavy atom. The summed E-state index contributed by atoms with van der Waals surface area (Å²) >= 11 is 10.9. The lowest BCUT2D eigenvalue weighted by atomic mass is 10.00. The minimum atomic E-state index is -4.79. The van der Waals surface area contributed by atoms with E-state index in [1.165, 1.54) is 0 Å². The fourth-order valence-corrected chi connectivity index (χ4v) is 2.73. The fourth-order valence-electron chi connectivity index (χ4n) is 2.25. The lowest BCUT2D eigenvalue weighted by Gasteiger charge is -2.13. The van der Waals surface area contributed by atoms with Gasteiger partial charge in [-0.05, 0) is 48.2 Å². The van der Waals surface area contributed by atoms with Crippen molar-refractivity contribution in [1.82, 2.24) is 0 Å². The van der Waals surface area contributed by atoms with Crippen LogP contribution in [0.5, 0.6) is 0 Å². The highest BCUT2D eigenvalue weighted by atomic mass is 35.5. The summed E-state index contributed by atoms with van der Waals surface area (Å²) in [6, 6.07) is 1.74. The summed E-state index contributed by atoms with van der Waals surface area (Å²) in [6.45, 7) is 0. The van der Waals surface area contributed by atoms with Crippen LogP contribution in [0.2, 0.25) is 10.0 Å². The monoisotopic (exact) mass is 422 g/mol. The van der Waals surface area contributed by atoms with Crippen molar-refractivity contribution >= 4 is 23.2 Å². The SMILES string of the molecule is Fc1c(Cl)cc(C(F)(F)F)cc1CCc1cc(C(F)(F)F)cc(Cl)c1F. The first-order valence-corrected chi connectivity index (χ1v) is 7.66. The Bertz CT molecular complexity index is 755. The zero-order valence-electron chi connectivity index (χ0n) is 12.5. The number of aryl methyl sites for hydroxylation is 2. The van der Waals surface area contributed by atoms with Gasteiger partial charge in [0, 0.05) is 0 Å². The molecule has 0 aliphatic carbocycles. The van der Waals surface area contributed by atoms with Gasteiger partial charge in [-0.1, -0.05) is 23.2 Å². The molecule has 0 spiro atoms. The van der Waals surface area contributed by atoms with Crippen LogP contribution in [0.3, 0.4) is 0 Å². The molecule has 0 radical (unpaired) electrons. The van der Waals surface area contributed by atoms with Crippen molar-refractivity contribution in [3.8, 4) is 0 Å². The minimum Gasteiger partial charge on any atom is -0.205 e. The van der Waals surface area contributed by atoms with Crippen molar-refractivity contribution in [2.75, 3.05) is 0 Å². The molecular weight excluding hydrogens is 415 g/mol. The van der Waals surface area contributed by atoms with Crippen LogP contribution >= 0.6 is 23.2 Å². The number of benzene rings is 2. The van der Waals surface area contributed by atoms with Gasteiger partial charge in [-0.15, -0.1) is 0 Å². The highest BCUT2D eigenvalue weighted by molar-refractivity contribution is 6.31. The van der Waals surface area contributed by atoms with Gasteiger partial charge >= 0.3 is 12.4 Å². The Labute approximate surface area is 152 Å². The molecule has 0 aliphatic heterocycles. The van der Waals surface area contributed by atoms with Gasteiger partial charge in [0.1, 0.15) is 11.6 Å². The van der Waals surface area contributed by atoms with Crippen LogP contribution in [0, 0.1) is 11.6 Å². The molecule has 0 amide bonds. The highest BCUT2D eigenvalue weighted by Gasteiger charge is 2.33. The van der Waals surface area contributed by atoms with Crippen LogP contribution in [0.25, 0.3) is 0 Å². The quantitative estimate of drug-likeness (QED) is 0.463. The van der Waals surface area contributed by atoms with E-state index < -0.39 is 69.1 Å². The summed E-state index contributed by atoms with van der Waals surface area (Å²) in [6.07, 6.45) is -10.6. The Morgan fingerprint density at radius 2 is 0.923 bits per heavy atom. The van der Waals surface area contributed by atoms with Crippen molar-refractivity contribution in [1.29, 1.82) is 0 Å². The minimum absolute atomic E-state index is 0.391. The third kappa shape index (κ3) is 4.59. The van der Waals surface area contributed by atoms with E-state index in [0.29, 0.717) is 24.3 Å². The molecular formula is C16H8Cl2F8. The summed E-state index contributed by atoms with van der Waals surface area (Å²) in [5.74, 6) is -2.31. The molecule has 0 aromatic heterocycles. The van der Waals surface area contributed by atoms with Gasteiger partial charge in [0.25, 0.3) is 0 Å². The van der Waals surface area contributed by atoms with Gasteiger partial charge in [0.2, 0.25) is 0 Å². The Hall–Kier alpha value is -1.54. The largest absolute Gasteiger partial charge is 0.416 e. The lowest BCUT2D eigenvalue weighted by Crippen LogP contribution is -2.09. The Morgan fingerprint density at radius 1 is 0.615 bits per heavy atom. The fraction of sp³-hybridized carbons (Fsp3) is 0.250. The Kier molecular flexibility index (Phi) is 5.77. The normalized spacial score (nSPS) is 12.5. The van der Waals surface area contributed by atoms with Crippen LogP contribution < -0.4 is 0 Å². The maximum absolute atomic E-state index is 13.9. The molecule has 0 aliphatic rings. The maximum Gasteiger partial charge on any atom is 0.416 e. The maximum atomic E-state index is 13.9. The molecule has 0 N–H and O–H groups in total. The molecule has 0 saturated carbocycles. The van der Waals surface area contributed by atoms with Crippen LogP contribution in [-0.4, -0.2) is 0 Å².